The number of unbranched alkanes of at least 4 members (excludes halogenated alkanes) is 28. The monoisotopic (exact) mass is 748 g/mol. The van der Waals surface area contributed by atoms with Gasteiger partial charge in [0.1, 0.15) is 6.61 Å². The Morgan fingerprint density at radius 3 is 1.20 bits per heavy atom. The SMILES string of the molecule is CCCCCCCCCCCCCCCCCCCCCCCCCCCC(=O)OC(COC(=O)CCCCCCC)COP(=O)(O)OCCN. The van der Waals surface area contributed by atoms with Crippen LogP contribution in [0.5, 0.6) is 0 Å². The molecule has 10 heteroatoms. The molecule has 0 rings (SSSR count). The highest BCUT2D eigenvalue weighted by atomic mass is 31.2. The lowest BCUT2D eigenvalue weighted by molar-refractivity contribution is -0.161. The maximum absolute atomic E-state index is 12.5. The normalized spacial score (nSPS) is 13.3. The third-order valence-electron chi connectivity index (χ3n) is 9.49. The molecular weight excluding hydrogens is 665 g/mol. The average molecular weight is 748 g/mol. The summed E-state index contributed by atoms with van der Waals surface area (Å²) in [5.41, 5.74) is 5.32. The van der Waals surface area contributed by atoms with Gasteiger partial charge in [-0.05, 0) is 12.8 Å². The highest BCUT2D eigenvalue weighted by molar-refractivity contribution is 7.47. The van der Waals surface area contributed by atoms with Crippen molar-refractivity contribution in [3.8, 4) is 0 Å². The first-order chi connectivity index (χ1) is 24.8. The summed E-state index contributed by atoms with van der Waals surface area (Å²) >= 11 is 0. The standard InChI is InChI=1S/C41H82NO8P/c1-3-5-7-9-10-11-12-13-14-15-16-17-18-19-20-21-22-23-24-25-26-27-28-30-32-34-41(44)50-39(38-49-51(45,46)48-36-35-42)37-47-40(43)33-31-29-8-6-4-2/h39H,3-38,42H2,1-2H3,(H,45,46). The number of hydrogen-bond donors (Lipinski definition) is 2. The fourth-order valence-corrected chi connectivity index (χ4v) is 7.05. The second-order valence-electron chi connectivity index (χ2n) is 14.6. The molecule has 3 N–H and O–H groups in total. The number of phosphoric ester groups is 1. The molecule has 0 aliphatic carbocycles. The van der Waals surface area contributed by atoms with Crippen molar-refractivity contribution in [2.45, 2.75) is 225 Å². The Morgan fingerprint density at radius 1 is 0.510 bits per heavy atom. The van der Waals surface area contributed by atoms with Crippen LogP contribution in [0.4, 0.5) is 0 Å². The third kappa shape index (κ3) is 38.5. The van der Waals surface area contributed by atoms with Crippen molar-refractivity contribution in [2.24, 2.45) is 5.73 Å². The van der Waals surface area contributed by atoms with Crippen molar-refractivity contribution in [3.63, 3.8) is 0 Å². The zero-order valence-corrected chi connectivity index (χ0v) is 34.3. The summed E-state index contributed by atoms with van der Waals surface area (Å²) in [6.45, 7) is 3.66. The molecule has 0 saturated carbocycles. The summed E-state index contributed by atoms with van der Waals surface area (Å²) in [4.78, 5) is 34.5. The summed E-state index contributed by atoms with van der Waals surface area (Å²) in [7, 11) is -4.36. The van der Waals surface area contributed by atoms with E-state index in [0.29, 0.717) is 6.42 Å². The lowest BCUT2D eigenvalue weighted by Crippen LogP contribution is -2.29. The van der Waals surface area contributed by atoms with Gasteiger partial charge in [0.05, 0.1) is 13.2 Å². The van der Waals surface area contributed by atoms with Gasteiger partial charge in [-0.2, -0.15) is 0 Å². The van der Waals surface area contributed by atoms with Crippen molar-refractivity contribution in [1.82, 2.24) is 0 Å². The van der Waals surface area contributed by atoms with Gasteiger partial charge < -0.3 is 20.1 Å². The number of esters is 2. The molecule has 9 nitrogen and oxygen atoms in total. The van der Waals surface area contributed by atoms with Crippen LogP contribution in [0.2, 0.25) is 0 Å². The molecule has 0 aromatic rings. The van der Waals surface area contributed by atoms with Crippen LogP contribution >= 0.6 is 7.82 Å². The summed E-state index contributed by atoms with van der Waals surface area (Å²) in [5, 5.41) is 0. The first-order valence-electron chi connectivity index (χ1n) is 21.5. The van der Waals surface area contributed by atoms with E-state index in [1.807, 2.05) is 0 Å². The molecule has 0 fully saturated rings. The van der Waals surface area contributed by atoms with Crippen LogP contribution < -0.4 is 5.73 Å². The predicted octanol–water partition coefficient (Wildman–Crippen LogP) is 12.1. The molecule has 0 aliphatic rings. The van der Waals surface area contributed by atoms with Crippen molar-refractivity contribution in [3.05, 3.63) is 0 Å². The lowest BCUT2D eigenvalue weighted by Gasteiger charge is -2.19. The van der Waals surface area contributed by atoms with Gasteiger partial charge in [0, 0.05) is 19.4 Å². The van der Waals surface area contributed by atoms with Gasteiger partial charge in [0.15, 0.2) is 6.10 Å². The zero-order valence-electron chi connectivity index (χ0n) is 33.4. The van der Waals surface area contributed by atoms with E-state index in [4.69, 9.17) is 24.3 Å². The second-order valence-corrected chi connectivity index (χ2v) is 16.0. The maximum atomic E-state index is 12.5. The van der Waals surface area contributed by atoms with Crippen LogP contribution in [-0.2, 0) is 32.7 Å². The first kappa shape index (κ1) is 50.0. The van der Waals surface area contributed by atoms with Crippen molar-refractivity contribution in [1.29, 1.82) is 0 Å². The van der Waals surface area contributed by atoms with Gasteiger partial charge in [-0.15, -0.1) is 0 Å². The maximum Gasteiger partial charge on any atom is 0.472 e. The molecule has 0 saturated heterocycles. The smallest absolute Gasteiger partial charge is 0.462 e. The van der Waals surface area contributed by atoms with Gasteiger partial charge in [0.25, 0.3) is 0 Å². The number of carbonyl (C=O) groups is 2. The van der Waals surface area contributed by atoms with Gasteiger partial charge in [-0.3, -0.25) is 18.6 Å². The van der Waals surface area contributed by atoms with E-state index in [9.17, 15) is 19.0 Å². The van der Waals surface area contributed by atoms with Crippen molar-refractivity contribution in [2.75, 3.05) is 26.4 Å². The largest absolute Gasteiger partial charge is 0.472 e. The fraction of sp³-hybridized carbons (Fsp3) is 0.951. The lowest BCUT2D eigenvalue weighted by atomic mass is 10.0. The molecule has 0 aromatic carbocycles. The van der Waals surface area contributed by atoms with Crippen LogP contribution in [0.3, 0.4) is 0 Å². The molecule has 0 aliphatic heterocycles. The van der Waals surface area contributed by atoms with Gasteiger partial charge >= 0.3 is 19.8 Å². The quantitative estimate of drug-likeness (QED) is 0.0356. The van der Waals surface area contributed by atoms with Crippen LogP contribution in [0.15, 0.2) is 0 Å². The summed E-state index contributed by atoms with van der Waals surface area (Å²) in [6.07, 6.45) is 37.7. The van der Waals surface area contributed by atoms with Crippen LogP contribution in [0, 0.1) is 0 Å². The molecule has 0 bridgehead atoms. The molecule has 0 heterocycles. The molecule has 0 amide bonds. The number of ether oxygens (including phenoxy) is 2. The summed E-state index contributed by atoms with van der Waals surface area (Å²) < 4.78 is 32.5. The van der Waals surface area contributed by atoms with E-state index >= 15 is 0 Å². The molecule has 0 radical (unpaired) electrons. The van der Waals surface area contributed by atoms with E-state index in [2.05, 4.69) is 13.8 Å². The van der Waals surface area contributed by atoms with E-state index in [-0.39, 0.29) is 38.6 Å². The van der Waals surface area contributed by atoms with Crippen molar-refractivity contribution < 1.29 is 37.6 Å². The van der Waals surface area contributed by atoms with Gasteiger partial charge in [-0.1, -0.05) is 194 Å². The molecule has 2 atom stereocenters. The van der Waals surface area contributed by atoms with Crippen LogP contribution in [0.25, 0.3) is 0 Å². The van der Waals surface area contributed by atoms with Gasteiger partial charge in [-0.25, -0.2) is 4.57 Å². The molecule has 2 unspecified atom stereocenters. The Balaban J connectivity index is 3.82. The fourth-order valence-electron chi connectivity index (χ4n) is 6.28. The number of carbonyl (C=O) groups excluding carboxylic acids is 2. The van der Waals surface area contributed by atoms with Crippen molar-refractivity contribution >= 4 is 19.8 Å². The summed E-state index contributed by atoms with van der Waals surface area (Å²) in [5.74, 6) is -0.830. The number of rotatable bonds is 41. The van der Waals surface area contributed by atoms with E-state index in [1.54, 1.807) is 0 Å². The number of nitrogens with two attached hydrogens (primary N) is 1. The Labute approximate surface area is 314 Å². The summed E-state index contributed by atoms with van der Waals surface area (Å²) in [6, 6.07) is 0. The highest BCUT2D eigenvalue weighted by Gasteiger charge is 2.26. The first-order valence-corrected chi connectivity index (χ1v) is 23.0. The molecule has 51 heavy (non-hydrogen) atoms. The number of hydrogen-bond acceptors (Lipinski definition) is 8. The van der Waals surface area contributed by atoms with Gasteiger partial charge in [0.2, 0.25) is 0 Å². The topological polar surface area (TPSA) is 134 Å². The van der Waals surface area contributed by atoms with E-state index in [0.717, 1.165) is 44.9 Å². The molecule has 0 spiro atoms. The van der Waals surface area contributed by atoms with E-state index in [1.165, 1.54) is 141 Å². The Kier molecular flexibility index (Phi) is 38.0. The predicted molar refractivity (Wildman–Crippen MR) is 211 cm³/mol. The minimum absolute atomic E-state index is 0.0573. The average Bonchev–Trinajstić information content (AvgIpc) is 3.11. The second kappa shape index (κ2) is 38.7. The zero-order chi connectivity index (χ0) is 37.5. The third-order valence-corrected chi connectivity index (χ3v) is 10.5. The highest BCUT2D eigenvalue weighted by Crippen LogP contribution is 2.43. The Bertz CT molecular complexity index is 815. The van der Waals surface area contributed by atoms with Crippen LogP contribution in [0.1, 0.15) is 219 Å². The molecule has 304 valence electrons. The molecule has 0 aromatic heterocycles. The van der Waals surface area contributed by atoms with Crippen LogP contribution in [-0.4, -0.2) is 49.3 Å². The van der Waals surface area contributed by atoms with E-state index < -0.39 is 26.5 Å². The molecular formula is C41H82NO8P. The Morgan fingerprint density at radius 2 is 0.843 bits per heavy atom. The number of phosphoric acid groups is 1. The minimum Gasteiger partial charge on any atom is -0.462 e. The Hall–Kier alpha value is -0.990. The minimum atomic E-state index is -4.36.